The van der Waals surface area contributed by atoms with Gasteiger partial charge in [0.2, 0.25) is 5.91 Å². The van der Waals surface area contributed by atoms with Crippen molar-refractivity contribution in [2.45, 2.75) is 13.3 Å². The number of hydrogen-bond donors (Lipinski definition) is 1. The molecule has 0 atom stereocenters. The first kappa shape index (κ1) is 7.88. The van der Waals surface area contributed by atoms with Crippen molar-refractivity contribution in [1.29, 1.82) is 0 Å². The monoisotopic (exact) mass is 126 g/mol. The second-order valence-electron chi connectivity index (χ2n) is 1.83. The fourth-order valence-electron chi connectivity index (χ4n) is 0.402. The van der Waals surface area contributed by atoms with E-state index in [9.17, 15) is 4.79 Å². The summed E-state index contributed by atoms with van der Waals surface area (Å²) in [7, 11) is 0. The molecule has 0 saturated heterocycles. The maximum atomic E-state index is 10.5. The van der Waals surface area contributed by atoms with Crippen LogP contribution in [0, 0.1) is 0 Å². The largest absolute Gasteiger partial charge is 0.273 e. The molecule has 0 aromatic rings. The van der Waals surface area contributed by atoms with E-state index in [2.05, 4.69) is 23.8 Å². The van der Waals surface area contributed by atoms with Gasteiger partial charge in [-0.25, -0.2) is 5.43 Å². The standard InChI is InChI=1S/C6H10N2O/c1-5(2)4-6(9)8-7-3/h1,3-4H2,2H3,(H,8,9). The Morgan fingerprint density at radius 2 is 2.33 bits per heavy atom. The minimum absolute atomic E-state index is 0.169. The first-order chi connectivity index (χ1) is 4.16. The molecule has 3 nitrogen and oxygen atoms in total. The molecule has 0 saturated carbocycles. The molecule has 0 spiro atoms. The second-order valence-corrected chi connectivity index (χ2v) is 1.83. The van der Waals surface area contributed by atoms with Gasteiger partial charge in [0, 0.05) is 13.1 Å². The Morgan fingerprint density at radius 3 is 2.67 bits per heavy atom. The van der Waals surface area contributed by atoms with Crippen molar-refractivity contribution in [1.82, 2.24) is 5.43 Å². The van der Waals surface area contributed by atoms with Crippen LogP contribution < -0.4 is 5.43 Å². The van der Waals surface area contributed by atoms with Crippen molar-refractivity contribution >= 4 is 12.6 Å². The molecule has 50 valence electrons. The number of carbonyl (C=O) groups excluding carboxylic acids is 1. The van der Waals surface area contributed by atoms with E-state index in [1.165, 1.54) is 0 Å². The molecule has 0 radical (unpaired) electrons. The number of hydrogen-bond acceptors (Lipinski definition) is 2. The molecule has 0 aromatic heterocycles. The number of carbonyl (C=O) groups is 1. The number of nitrogens with zero attached hydrogens (tertiary/aromatic N) is 1. The van der Waals surface area contributed by atoms with E-state index in [4.69, 9.17) is 0 Å². The lowest BCUT2D eigenvalue weighted by atomic mass is 10.2. The number of amides is 1. The molecule has 1 amide bonds. The van der Waals surface area contributed by atoms with Gasteiger partial charge in [-0.15, -0.1) is 0 Å². The van der Waals surface area contributed by atoms with Crippen LogP contribution in [0.3, 0.4) is 0 Å². The highest BCUT2D eigenvalue weighted by atomic mass is 16.2. The van der Waals surface area contributed by atoms with Crippen LogP contribution in [0.25, 0.3) is 0 Å². The zero-order valence-electron chi connectivity index (χ0n) is 5.48. The summed E-state index contributed by atoms with van der Waals surface area (Å²) in [6, 6.07) is 0. The summed E-state index contributed by atoms with van der Waals surface area (Å²) in [5.74, 6) is -0.169. The maximum Gasteiger partial charge on any atom is 0.244 e. The molecule has 3 heteroatoms. The molecule has 0 aliphatic heterocycles. The quantitative estimate of drug-likeness (QED) is 0.337. The molecule has 0 aromatic carbocycles. The predicted molar refractivity (Wildman–Crippen MR) is 37.1 cm³/mol. The number of rotatable bonds is 3. The van der Waals surface area contributed by atoms with E-state index in [1.807, 2.05) is 0 Å². The summed E-state index contributed by atoms with van der Waals surface area (Å²) < 4.78 is 0. The summed E-state index contributed by atoms with van der Waals surface area (Å²) >= 11 is 0. The molecule has 0 rings (SSSR count). The van der Waals surface area contributed by atoms with Gasteiger partial charge in [0.05, 0.1) is 0 Å². The van der Waals surface area contributed by atoms with Gasteiger partial charge in [0.1, 0.15) is 0 Å². The van der Waals surface area contributed by atoms with Gasteiger partial charge in [-0.1, -0.05) is 12.2 Å². The third-order valence-electron chi connectivity index (χ3n) is 0.666. The van der Waals surface area contributed by atoms with Crippen molar-refractivity contribution < 1.29 is 4.79 Å². The Hall–Kier alpha value is -1.12. The molecular weight excluding hydrogens is 116 g/mol. The Kier molecular flexibility index (Phi) is 3.35. The predicted octanol–water partition coefficient (Wildman–Crippen LogP) is 0.684. The van der Waals surface area contributed by atoms with Crippen LogP contribution in [0.4, 0.5) is 0 Å². The summed E-state index contributed by atoms with van der Waals surface area (Å²) in [4.78, 5) is 10.5. The first-order valence-electron chi connectivity index (χ1n) is 2.55. The van der Waals surface area contributed by atoms with Crippen molar-refractivity contribution in [3.05, 3.63) is 12.2 Å². The van der Waals surface area contributed by atoms with Gasteiger partial charge in [0.15, 0.2) is 0 Å². The minimum Gasteiger partial charge on any atom is -0.273 e. The Balaban J connectivity index is 3.50. The van der Waals surface area contributed by atoms with Gasteiger partial charge in [-0.2, -0.15) is 5.10 Å². The maximum absolute atomic E-state index is 10.5. The van der Waals surface area contributed by atoms with E-state index >= 15 is 0 Å². The van der Waals surface area contributed by atoms with Crippen LogP contribution in [-0.4, -0.2) is 12.6 Å². The van der Waals surface area contributed by atoms with Crippen molar-refractivity contribution in [2.24, 2.45) is 5.10 Å². The zero-order chi connectivity index (χ0) is 7.28. The summed E-state index contributed by atoms with van der Waals surface area (Å²) in [6.45, 7) is 8.43. The van der Waals surface area contributed by atoms with E-state index in [-0.39, 0.29) is 5.91 Å². The topological polar surface area (TPSA) is 41.5 Å². The Morgan fingerprint density at radius 1 is 1.78 bits per heavy atom. The van der Waals surface area contributed by atoms with Gasteiger partial charge in [0.25, 0.3) is 0 Å². The average Bonchev–Trinajstić information content (AvgIpc) is 1.63. The fourth-order valence-corrected chi connectivity index (χ4v) is 0.402. The molecule has 0 bridgehead atoms. The average molecular weight is 126 g/mol. The number of nitrogens with one attached hydrogen (secondary N) is 1. The van der Waals surface area contributed by atoms with Crippen LogP contribution in [0.1, 0.15) is 13.3 Å². The second kappa shape index (κ2) is 3.83. The molecule has 9 heavy (non-hydrogen) atoms. The third kappa shape index (κ3) is 4.74. The zero-order valence-corrected chi connectivity index (χ0v) is 5.48. The first-order valence-corrected chi connectivity index (χ1v) is 2.55. The smallest absolute Gasteiger partial charge is 0.244 e. The van der Waals surface area contributed by atoms with Crippen molar-refractivity contribution in [3.8, 4) is 0 Å². The van der Waals surface area contributed by atoms with Crippen molar-refractivity contribution in [3.63, 3.8) is 0 Å². The molecule has 0 unspecified atom stereocenters. The van der Waals surface area contributed by atoms with Crippen molar-refractivity contribution in [2.75, 3.05) is 0 Å². The highest BCUT2D eigenvalue weighted by Crippen LogP contribution is 1.92. The highest BCUT2D eigenvalue weighted by molar-refractivity contribution is 5.78. The lowest BCUT2D eigenvalue weighted by Crippen LogP contribution is -2.15. The van der Waals surface area contributed by atoms with Crippen LogP contribution in [0.15, 0.2) is 17.3 Å². The van der Waals surface area contributed by atoms with Gasteiger partial charge >= 0.3 is 0 Å². The summed E-state index contributed by atoms with van der Waals surface area (Å²) in [5.41, 5.74) is 3.01. The van der Waals surface area contributed by atoms with Crippen LogP contribution >= 0.6 is 0 Å². The van der Waals surface area contributed by atoms with Crippen LogP contribution in [0.5, 0.6) is 0 Å². The third-order valence-corrected chi connectivity index (χ3v) is 0.666. The molecule has 0 fully saturated rings. The lowest BCUT2D eigenvalue weighted by Gasteiger charge is -1.95. The van der Waals surface area contributed by atoms with Crippen LogP contribution in [-0.2, 0) is 4.79 Å². The SMILES string of the molecule is C=NNC(=O)CC(=C)C. The fraction of sp³-hybridized carbons (Fsp3) is 0.333. The molecule has 0 heterocycles. The highest BCUT2D eigenvalue weighted by Gasteiger charge is 1.96. The van der Waals surface area contributed by atoms with E-state index < -0.39 is 0 Å². The normalized spacial score (nSPS) is 8.11. The summed E-state index contributed by atoms with van der Waals surface area (Å²) in [5, 5.41) is 3.20. The van der Waals surface area contributed by atoms with E-state index in [1.54, 1.807) is 6.92 Å². The van der Waals surface area contributed by atoms with Gasteiger partial charge in [-0.3, -0.25) is 4.79 Å². The van der Waals surface area contributed by atoms with E-state index in [0.29, 0.717) is 6.42 Å². The van der Waals surface area contributed by atoms with Crippen LogP contribution in [0.2, 0.25) is 0 Å². The van der Waals surface area contributed by atoms with Gasteiger partial charge in [-0.05, 0) is 6.92 Å². The van der Waals surface area contributed by atoms with Gasteiger partial charge < -0.3 is 0 Å². The minimum atomic E-state index is -0.169. The number of hydrazone groups is 1. The summed E-state index contributed by atoms with van der Waals surface area (Å²) in [6.07, 6.45) is 0.318. The molecule has 1 N–H and O–H groups in total. The Labute approximate surface area is 54.5 Å². The lowest BCUT2D eigenvalue weighted by molar-refractivity contribution is -0.120. The molecular formula is C6H10N2O. The Bertz CT molecular complexity index is 140. The molecule has 0 aliphatic carbocycles. The molecule has 0 aliphatic rings. The van der Waals surface area contributed by atoms with E-state index in [0.717, 1.165) is 5.57 Å².